The summed E-state index contributed by atoms with van der Waals surface area (Å²) in [5.74, 6) is -0.532. The van der Waals surface area contributed by atoms with Crippen molar-refractivity contribution in [3.8, 4) is 0 Å². The molecule has 1 heterocycles. The summed E-state index contributed by atoms with van der Waals surface area (Å²) < 4.78 is 13.3. The molecule has 0 unspecified atom stereocenters. The number of carbonyl (C=O) groups is 1. The summed E-state index contributed by atoms with van der Waals surface area (Å²) in [6.45, 7) is 2.96. The molecule has 2 rings (SSSR count). The molecule has 0 saturated carbocycles. The predicted octanol–water partition coefficient (Wildman–Crippen LogP) is 1.95. The normalized spacial score (nSPS) is 15.7. The van der Waals surface area contributed by atoms with Gasteiger partial charge in [0.2, 0.25) is 5.91 Å². The van der Waals surface area contributed by atoms with Crippen LogP contribution in [0.15, 0.2) is 12.1 Å². The monoisotopic (exact) mass is 242 g/mol. The highest BCUT2D eigenvalue weighted by Gasteiger charge is 2.25. The van der Waals surface area contributed by atoms with E-state index in [4.69, 9.17) is 11.6 Å². The van der Waals surface area contributed by atoms with Crippen LogP contribution in [0.2, 0.25) is 5.02 Å². The van der Waals surface area contributed by atoms with Gasteiger partial charge in [-0.15, -0.1) is 0 Å². The van der Waals surface area contributed by atoms with Crippen LogP contribution in [-0.2, 0) is 4.79 Å². The van der Waals surface area contributed by atoms with E-state index in [0.29, 0.717) is 29.4 Å². The second kappa shape index (κ2) is 4.39. The molecule has 3 nitrogen and oxygen atoms in total. The molecule has 1 aromatic carbocycles. The van der Waals surface area contributed by atoms with E-state index in [0.717, 1.165) is 0 Å². The number of aryl methyl sites for hydroxylation is 1. The van der Waals surface area contributed by atoms with Gasteiger partial charge in [0.1, 0.15) is 5.82 Å². The van der Waals surface area contributed by atoms with Gasteiger partial charge in [0, 0.05) is 13.1 Å². The molecule has 86 valence electrons. The van der Waals surface area contributed by atoms with E-state index in [2.05, 4.69) is 10.6 Å². The lowest BCUT2D eigenvalue weighted by atomic mass is 10.0. The van der Waals surface area contributed by atoms with E-state index in [1.165, 1.54) is 12.1 Å². The molecule has 0 aromatic heterocycles. The summed E-state index contributed by atoms with van der Waals surface area (Å²) in [5, 5.41) is 5.99. The molecule has 0 spiro atoms. The number of amides is 1. The van der Waals surface area contributed by atoms with Crippen molar-refractivity contribution in [2.45, 2.75) is 6.92 Å². The highest BCUT2D eigenvalue weighted by Crippen LogP contribution is 2.25. The van der Waals surface area contributed by atoms with Gasteiger partial charge in [0.15, 0.2) is 0 Å². The van der Waals surface area contributed by atoms with Gasteiger partial charge in [-0.3, -0.25) is 4.79 Å². The largest absolute Gasteiger partial charge is 0.324 e. The SMILES string of the molecule is Cc1cc(Cl)c(NC(=O)C2CNC2)cc1F. The summed E-state index contributed by atoms with van der Waals surface area (Å²) in [6.07, 6.45) is 0. The fourth-order valence-electron chi connectivity index (χ4n) is 1.45. The molecule has 1 fully saturated rings. The highest BCUT2D eigenvalue weighted by molar-refractivity contribution is 6.33. The lowest BCUT2D eigenvalue weighted by Gasteiger charge is -2.26. The molecule has 1 aliphatic rings. The number of hydrogen-bond acceptors (Lipinski definition) is 2. The van der Waals surface area contributed by atoms with E-state index in [1.54, 1.807) is 6.92 Å². The molecule has 0 aliphatic carbocycles. The second-order valence-corrected chi connectivity index (χ2v) is 4.33. The Morgan fingerprint density at radius 3 is 2.81 bits per heavy atom. The van der Waals surface area contributed by atoms with Gasteiger partial charge >= 0.3 is 0 Å². The molecule has 0 atom stereocenters. The zero-order valence-electron chi connectivity index (χ0n) is 8.81. The lowest BCUT2D eigenvalue weighted by Crippen LogP contribution is -2.48. The van der Waals surface area contributed by atoms with Crippen LogP contribution in [0.4, 0.5) is 10.1 Å². The number of benzene rings is 1. The first-order chi connectivity index (χ1) is 7.58. The number of hydrogen-bond donors (Lipinski definition) is 2. The van der Waals surface area contributed by atoms with Gasteiger partial charge in [-0.05, 0) is 24.6 Å². The third-order valence-corrected chi connectivity index (χ3v) is 2.97. The molecule has 1 saturated heterocycles. The van der Waals surface area contributed by atoms with Gasteiger partial charge in [-0.25, -0.2) is 4.39 Å². The molecule has 2 N–H and O–H groups in total. The Balaban J connectivity index is 2.14. The van der Waals surface area contributed by atoms with Gasteiger partial charge in [-0.1, -0.05) is 11.6 Å². The smallest absolute Gasteiger partial charge is 0.230 e. The van der Waals surface area contributed by atoms with Crippen LogP contribution in [0.25, 0.3) is 0 Å². The van der Waals surface area contributed by atoms with Crippen molar-refractivity contribution < 1.29 is 9.18 Å². The molecule has 1 aliphatic heterocycles. The second-order valence-electron chi connectivity index (χ2n) is 3.93. The number of nitrogens with one attached hydrogen (secondary N) is 2. The molecule has 0 radical (unpaired) electrons. The Kier molecular flexibility index (Phi) is 3.12. The fourth-order valence-corrected chi connectivity index (χ4v) is 1.72. The van der Waals surface area contributed by atoms with Crippen LogP contribution in [-0.4, -0.2) is 19.0 Å². The van der Waals surface area contributed by atoms with Crippen molar-refractivity contribution in [1.29, 1.82) is 0 Å². The Bertz CT molecular complexity index is 432. The minimum Gasteiger partial charge on any atom is -0.324 e. The average molecular weight is 243 g/mol. The van der Waals surface area contributed by atoms with E-state index in [-0.39, 0.29) is 17.6 Å². The molecular formula is C11H12ClFN2O. The van der Waals surface area contributed by atoms with E-state index in [1.807, 2.05) is 0 Å². The summed E-state index contributed by atoms with van der Waals surface area (Å²) in [4.78, 5) is 11.6. The van der Waals surface area contributed by atoms with Crippen molar-refractivity contribution in [3.63, 3.8) is 0 Å². The van der Waals surface area contributed by atoms with Crippen LogP contribution < -0.4 is 10.6 Å². The predicted molar refractivity (Wildman–Crippen MR) is 61.1 cm³/mol. The maximum Gasteiger partial charge on any atom is 0.230 e. The van der Waals surface area contributed by atoms with Crippen LogP contribution in [0.1, 0.15) is 5.56 Å². The first kappa shape index (κ1) is 11.4. The van der Waals surface area contributed by atoms with Gasteiger partial charge < -0.3 is 10.6 Å². The van der Waals surface area contributed by atoms with Crippen molar-refractivity contribution >= 4 is 23.2 Å². The first-order valence-corrected chi connectivity index (χ1v) is 5.43. The number of rotatable bonds is 2. The number of carbonyl (C=O) groups excluding carboxylic acids is 1. The summed E-state index contributed by atoms with van der Waals surface area (Å²) in [6, 6.07) is 2.76. The highest BCUT2D eigenvalue weighted by atomic mass is 35.5. The summed E-state index contributed by atoms with van der Waals surface area (Å²) in [7, 11) is 0. The maximum atomic E-state index is 13.3. The van der Waals surface area contributed by atoms with E-state index < -0.39 is 0 Å². The quantitative estimate of drug-likeness (QED) is 0.832. The molecule has 1 aromatic rings. The summed E-state index contributed by atoms with van der Waals surface area (Å²) >= 11 is 5.91. The number of anilines is 1. The Hall–Kier alpha value is -1.13. The van der Waals surface area contributed by atoms with Crippen LogP contribution in [0, 0.1) is 18.7 Å². The van der Waals surface area contributed by atoms with Gasteiger partial charge in [-0.2, -0.15) is 0 Å². The molecule has 16 heavy (non-hydrogen) atoms. The zero-order chi connectivity index (χ0) is 11.7. The van der Waals surface area contributed by atoms with Crippen molar-refractivity contribution in [2.75, 3.05) is 18.4 Å². The topological polar surface area (TPSA) is 41.1 Å². The zero-order valence-corrected chi connectivity index (χ0v) is 9.57. The van der Waals surface area contributed by atoms with E-state index in [9.17, 15) is 9.18 Å². The third kappa shape index (κ3) is 2.18. The molecule has 5 heteroatoms. The minimum absolute atomic E-state index is 0.0413. The minimum atomic E-state index is -0.369. The summed E-state index contributed by atoms with van der Waals surface area (Å²) in [5.41, 5.74) is 0.801. The van der Waals surface area contributed by atoms with Crippen molar-refractivity contribution in [2.24, 2.45) is 5.92 Å². The van der Waals surface area contributed by atoms with Crippen LogP contribution >= 0.6 is 11.6 Å². The molecule has 1 amide bonds. The standard InChI is InChI=1S/C11H12ClFN2O/c1-6-2-8(12)10(3-9(6)13)15-11(16)7-4-14-5-7/h2-3,7,14H,4-5H2,1H3,(H,15,16). The van der Waals surface area contributed by atoms with Gasteiger partial charge in [0.05, 0.1) is 16.6 Å². The van der Waals surface area contributed by atoms with Crippen LogP contribution in [0.5, 0.6) is 0 Å². The lowest BCUT2D eigenvalue weighted by molar-refractivity contribution is -0.121. The van der Waals surface area contributed by atoms with Gasteiger partial charge in [0.25, 0.3) is 0 Å². The maximum absolute atomic E-state index is 13.3. The number of halogens is 2. The average Bonchev–Trinajstić information content (AvgIpc) is 2.11. The Labute approximate surface area is 98.0 Å². The Morgan fingerprint density at radius 1 is 1.56 bits per heavy atom. The van der Waals surface area contributed by atoms with E-state index >= 15 is 0 Å². The molecule has 0 bridgehead atoms. The third-order valence-electron chi connectivity index (χ3n) is 2.66. The van der Waals surface area contributed by atoms with Crippen LogP contribution in [0.3, 0.4) is 0 Å². The van der Waals surface area contributed by atoms with Crippen molar-refractivity contribution in [3.05, 3.63) is 28.5 Å². The Morgan fingerprint density at radius 2 is 2.25 bits per heavy atom. The first-order valence-electron chi connectivity index (χ1n) is 5.05. The fraction of sp³-hybridized carbons (Fsp3) is 0.364. The van der Waals surface area contributed by atoms with Crippen molar-refractivity contribution in [1.82, 2.24) is 5.32 Å². The molecular weight excluding hydrogens is 231 g/mol.